The number of hydrogen-bond donors (Lipinski definition) is 2. The lowest BCUT2D eigenvalue weighted by Crippen LogP contribution is -2.94. The molecule has 0 bridgehead atoms. The molecule has 0 aliphatic carbocycles. The molecule has 3 N–H and O–H groups in total. The molecular weight excluding hydrogens is 291 g/mol. The molecule has 1 aromatic rings. The van der Waals surface area contributed by atoms with E-state index in [4.69, 9.17) is 4.74 Å². The Kier molecular flexibility index (Phi) is 5.85. The highest BCUT2D eigenvalue weighted by molar-refractivity contribution is 5.93. The Bertz CT molecular complexity index is 515. The fourth-order valence-electron chi connectivity index (χ4n) is 2.35. The second-order valence-electron chi connectivity index (χ2n) is 5.29. The number of carbonyl (C=O) groups excluding carboxylic acids is 2. The van der Waals surface area contributed by atoms with E-state index in [-0.39, 0.29) is 12.5 Å². The van der Waals surface area contributed by atoms with Crippen molar-refractivity contribution in [2.75, 3.05) is 18.5 Å². The fourth-order valence-corrected chi connectivity index (χ4v) is 2.35. The Balaban J connectivity index is 1.82. The van der Waals surface area contributed by atoms with Gasteiger partial charge in [0.15, 0.2) is 0 Å². The van der Waals surface area contributed by atoms with E-state index in [9.17, 15) is 19.1 Å². The number of anilines is 1. The minimum atomic E-state index is -1.28. The monoisotopic (exact) mass is 310 g/mol. The summed E-state index contributed by atoms with van der Waals surface area (Å²) in [4.78, 5) is 23.0. The first-order valence-electron chi connectivity index (χ1n) is 7.26. The van der Waals surface area contributed by atoms with Gasteiger partial charge in [-0.2, -0.15) is 0 Å². The van der Waals surface area contributed by atoms with Crippen LogP contribution in [-0.4, -0.2) is 37.2 Å². The van der Waals surface area contributed by atoms with E-state index in [1.807, 2.05) is 0 Å². The number of ether oxygens (including phenoxy) is 1. The predicted molar refractivity (Wildman–Crippen MR) is 74.2 cm³/mol. The van der Waals surface area contributed by atoms with E-state index in [0.717, 1.165) is 12.8 Å². The molecule has 22 heavy (non-hydrogen) atoms. The number of quaternary nitrogens is 1. The van der Waals surface area contributed by atoms with Crippen LogP contribution in [0.3, 0.4) is 0 Å². The van der Waals surface area contributed by atoms with Gasteiger partial charge in [0.05, 0.1) is 12.4 Å². The van der Waals surface area contributed by atoms with Crippen LogP contribution in [0.5, 0.6) is 0 Å². The fraction of sp³-hybridized carbons (Fsp3) is 0.467. The maximum atomic E-state index is 12.8. The number of carbonyl (C=O) groups is 2. The Hall–Kier alpha value is -1.99. The molecule has 0 aromatic heterocycles. The van der Waals surface area contributed by atoms with E-state index in [1.165, 1.54) is 24.3 Å². The molecule has 0 saturated carbocycles. The van der Waals surface area contributed by atoms with Gasteiger partial charge in [0.1, 0.15) is 24.5 Å². The third-order valence-corrected chi connectivity index (χ3v) is 3.54. The standard InChI is InChI=1S/C15H19FN2O4/c16-10-3-5-11(6-4-10)18-14(19)8-13(15(20)21)17-9-12-2-1-7-22-12/h3-6,12-13,17H,1-2,7-9H2,(H,18,19)(H,20,21)/t12-,13-/m0/s1. The third-order valence-electron chi connectivity index (χ3n) is 3.54. The molecule has 120 valence electrons. The molecule has 7 heteroatoms. The van der Waals surface area contributed by atoms with Crippen molar-refractivity contribution < 1.29 is 29.1 Å². The van der Waals surface area contributed by atoms with Crippen molar-refractivity contribution in [3.63, 3.8) is 0 Å². The number of amides is 1. The summed E-state index contributed by atoms with van der Waals surface area (Å²) in [6.45, 7) is 1.18. The normalized spacial score (nSPS) is 18.9. The number of benzene rings is 1. The summed E-state index contributed by atoms with van der Waals surface area (Å²) in [5.74, 6) is -2.15. The van der Waals surface area contributed by atoms with Crippen molar-refractivity contribution >= 4 is 17.6 Å². The van der Waals surface area contributed by atoms with Crippen LogP contribution in [0.15, 0.2) is 24.3 Å². The van der Waals surface area contributed by atoms with Gasteiger partial charge < -0.3 is 25.3 Å². The maximum Gasteiger partial charge on any atom is 0.230 e. The SMILES string of the molecule is O=C(C[C@H]([NH2+]C[C@@H]1CCCO1)C(=O)[O-])Nc1ccc(F)cc1. The summed E-state index contributed by atoms with van der Waals surface area (Å²) in [6.07, 6.45) is 1.69. The van der Waals surface area contributed by atoms with Crippen LogP contribution in [0.2, 0.25) is 0 Å². The molecule has 1 fully saturated rings. The predicted octanol–water partition coefficient (Wildman–Crippen LogP) is -0.985. The molecule has 1 aliphatic rings. The molecule has 0 spiro atoms. The van der Waals surface area contributed by atoms with E-state index in [1.54, 1.807) is 5.32 Å². The van der Waals surface area contributed by atoms with Crippen LogP contribution in [0.1, 0.15) is 19.3 Å². The average Bonchev–Trinajstić information content (AvgIpc) is 2.99. The summed E-state index contributed by atoms with van der Waals surface area (Å²) in [7, 11) is 0. The molecule has 1 saturated heterocycles. The number of nitrogens with one attached hydrogen (secondary N) is 1. The number of hydrogen-bond acceptors (Lipinski definition) is 4. The van der Waals surface area contributed by atoms with E-state index in [0.29, 0.717) is 18.8 Å². The Morgan fingerprint density at radius 2 is 2.14 bits per heavy atom. The Morgan fingerprint density at radius 1 is 1.41 bits per heavy atom. The number of carboxylic acid groups (broad SMARTS) is 1. The quantitative estimate of drug-likeness (QED) is 0.676. The summed E-state index contributed by atoms with van der Waals surface area (Å²) in [6, 6.07) is 4.30. The van der Waals surface area contributed by atoms with Gasteiger partial charge in [0.25, 0.3) is 0 Å². The Morgan fingerprint density at radius 3 is 2.73 bits per heavy atom. The molecule has 1 aliphatic heterocycles. The third kappa shape index (κ3) is 5.09. The lowest BCUT2D eigenvalue weighted by molar-refractivity contribution is -0.687. The molecule has 1 amide bonds. The molecule has 2 rings (SSSR count). The van der Waals surface area contributed by atoms with Gasteiger partial charge in [0, 0.05) is 12.3 Å². The summed E-state index contributed by atoms with van der Waals surface area (Å²) in [5, 5.41) is 15.2. The summed E-state index contributed by atoms with van der Waals surface area (Å²) in [5.41, 5.74) is 0.419. The minimum Gasteiger partial charge on any atom is -0.544 e. The molecule has 0 unspecified atom stereocenters. The first kappa shape index (κ1) is 16.4. The van der Waals surface area contributed by atoms with Crippen LogP contribution in [0.4, 0.5) is 10.1 Å². The Labute approximate surface area is 127 Å². The van der Waals surface area contributed by atoms with Gasteiger partial charge in [-0.15, -0.1) is 0 Å². The first-order chi connectivity index (χ1) is 10.5. The maximum absolute atomic E-state index is 12.8. The van der Waals surface area contributed by atoms with Gasteiger partial charge >= 0.3 is 0 Å². The first-order valence-corrected chi connectivity index (χ1v) is 7.26. The van der Waals surface area contributed by atoms with Crippen LogP contribution in [-0.2, 0) is 14.3 Å². The molecule has 1 aromatic carbocycles. The minimum absolute atomic E-state index is 0.0296. The van der Waals surface area contributed by atoms with Gasteiger partial charge in [-0.05, 0) is 37.1 Å². The van der Waals surface area contributed by atoms with Crippen molar-refractivity contribution in [2.24, 2.45) is 0 Å². The number of halogens is 1. The van der Waals surface area contributed by atoms with Crippen molar-refractivity contribution in [3.8, 4) is 0 Å². The lowest BCUT2D eigenvalue weighted by Gasteiger charge is -2.18. The average molecular weight is 310 g/mol. The van der Waals surface area contributed by atoms with Gasteiger partial charge in [-0.25, -0.2) is 4.39 Å². The zero-order chi connectivity index (χ0) is 15.9. The lowest BCUT2D eigenvalue weighted by atomic mass is 10.1. The number of nitrogens with two attached hydrogens (primary N) is 1. The van der Waals surface area contributed by atoms with Crippen LogP contribution in [0.25, 0.3) is 0 Å². The second-order valence-corrected chi connectivity index (χ2v) is 5.29. The van der Waals surface area contributed by atoms with Crippen molar-refractivity contribution in [2.45, 2.75) is 31.4 Å². The molecule has 0 radical (unpaired) electrons. The van der Waals surface area contributed by atoms with E-state index in [2.05, 4.69) is 5.32 Å². The van der Waals surface area contributed by atoms with Gasteiger partial charge in [0.2, 0.25) is 5.91 Å². The smallest absolute Gasteiger partial charge is 0.230 e. The number of rotatable bonds is 7. The second kappa shape index (κ2) is 7.86. The van der Waals surface area contributed by atoms with Gasteiger partial charge in [-0.3, -0.25) is 4.79 Å². The zero-order valence-corrected chi connectivity index (χ0v) is 12.1. The zero-order valence-electron chi connectivity index (χ0n) is 12.1. The van der Waals surface area contributed by atoms with Crippen LogP contribution >= 0.6 is 0 Å². The highest BCUT2D eigenvalue weighted by atomic mass is 19.1. The highest BCUT2D eigenvalue weighted by Crippen LogP contribution is 2.10. The van der Waals surface area contributed by atoms with Crippen LogP contribution < -0.4 is 15.7 Å². The molecule has 2 atom stereocenters. The number of aliphatic carboxylic acids is 1. The summed E-state index contributed by atoms with van der Waals surface area (Å²) < 4.78 is 18.2. The van der Waals surface area contributed by atoms with E-state index >= 15 is 0 Å². The molecule has 6 nitrogen and oxygen atoms in total. The number of carboxylic acids is 1. The van der Waals surface area contributed by atoms with Gasteiger partial charge in [-0.1, -0.05) is 0 Å². The molecular formula is C15H19FN2O4. The van der Waals surface area contributed by atoms with Crippen LogP contribution in [0, 0.1) is 5.82 Å². The topological polar surface area (TPSA) is 95.1 Å². The van der Waals surface area contributed by atoms with Crippen molar-refractivity contribution in [1.82, 2.24) is 0 Å². The highest BCUT2D eigenvalue weighted by Gasteiger charge is 2.23. The molecule has 1 heterocycles. The summed E-state index contributed by atoms with van der Waals surface area (Å²) >= 11 is 0. The largest absolute Gasteiger partial charge is 0.544 e. The van der Waals surface area contributed by atoms with E-state index < -0.39 is 23.7 Å². The van der Waals surface area contributed by atoms with Crippen molar-refractivity contribution in [3.05, 3.63) is 30.1 Å². The van der Waals surface area contributed by atoms with Crippen molar-refractivity contribution in [1.29, 1.82) is 0 Å².